The first-order valence-electron chi connectivity index (χ1n) is 4.09. The summed E-state index contributed by atoms with van der Waals surface area (Å²) in [5, 5.41) is 1.08. The highest BCUT2D eigenvalue weighted by molar-refractivity contribution is 5.85. The maximum atomic E-state index is 5.38. The molecule has 13 heavy (non-hydrogen) atoms. The van der Waals surface area contributed by atoms with E-state index in [2.05, 4.69) is 4.98 Å². The van der Waals surface area contributed by atoms with Crippen molar-refractivity contribution in [3.63, 3.8) is 0 Å². The Kier molecular flexibility index (Phi) is 2.19. The van der Waals surface area contributed by atoms with Gasteiger partial charge in [-0.3, -0.25) is 0 Å². The van der Waals surface area contributed by atoms with E-state index in [1.165, 1.54) is 0 Å². The molecular formula is C10H11NO2. The number of hydrogen-bond acceptors (Lipinski definition) is 2. The third kappa shape index (κ3) is 1.51. The van der Waals surface area contributed by atoms with Crippen LogP contribution >= 0.6 is 0 Å². The monoisotopic (exact) mass is 177 g/mol. The van der Waals surface area contributed by atoms with E-state index >= 15 is 0 Å². The molecule has 1 aromatic heterocycles. The van der Waals surface area contributed by atoms with Gasteiger partial charge < -0.3 is 14.5 Å². The zero-order valence-corrected chi connectivity index (χ0v) is 7.41. The van der Waals surface area contributed by atoms with Crippen molar-refractivity contribution in [2.75, 3.05) is 13.9 Å². The number of nitrogens with one attached hydrogen (secondary N) is 1. The van der Waals surface area contributed by atoms with Gasteiger partial charge in [0.25, 0.3) is 0 Å². The van der Waals surface area contributed by atoms with Crippen molar-refractivity contribution in [2.24, 2.45) is 0 Å². The fourth-order valence-corrected chi connectivity index (χ4v) is 1.30. The molecule has 0 fully saturated rings. The molecule has 3 heteroatoms. The summed E-state index contributed by atoms with van der Waals surface area (Å²) < 4.78 is 10.2. The molecule has 0 saturated carbocycles. The van der Waals surface area contributed by atoms with E-state index in [1.807, 2.05) is 30.5 Å². The normalized spacial score (nSPS) is 10.5. The number of fused-ring (bicyclic) bond motifs is 1. The summed E-state index contributed by atoms with van der Waals surface area (Å²) in [5.41, 5.74) is 1.08. The lowest BCUT2D eigenvalue weighted by Gasteiger charge is -2.04. The molecule has 0 bridgehead atoms. The Morgan fingerprint density at radius 2 is 2.23 bits per heavy atom. The van der Waals surface area contributed by atoms with E-state index in [4.69, 9.17) is 9.47 Å². The summed E-state index contributed by atoms with van der Waals surface area (Å²) in [6.07, 6.45) is 1.89. The highest BCUT2D eigenvalue weighted by Crippen LogP contribution is 2.24. The molecule has 2 rings (SSSR count). The average molecular weight is 177 g/mol. The van der Waals surface area contributed by atoms with Gasteiger partial charge in [-0.15, -0.1) is 0 Å². The smallest absolute Gasteiger partial charge is 0.188 e. The minimum absolute atomic E-state index is 0.282. The Balaban J connectivity index is 2.37. The van der Waals surface area contributed by atoms with Gasteiger partial charge in [0.2, 0.25) is 0 Å². The van der Waals surface area contributed by atoms with Crippen LogP contribution in [-0.4, -0.2) is 18.9 Å². The van der Waals surface area contributed by atoms with Crippen molar-refractivity contribution in [3.8, 4) is 5.75 Å². The molecule has 0 atom stereocenters. The molecule has 2 aromatic rings. The lowest BCUT2D eigenvalue weighted by Crippen LogP contribution is -1.98. The van der Waals surface area contributed by atoms with Gasteiger partial charge in [0.05, 0.1) is 0 Å². The summed E-state index contributed by atoms with van der Waals surface area (Å²) in [6, 6.07) is 7.87. The second kappa shape index (κ2) is 3.49. The molecule has 0 aliphatic heterocycles. The van der Waals surface area contributed by atoms with Crippen LogP contribution in [0.5, 0.6) is 5.75 Å². The Hall–Kier alpha value is -1.48. The zero-order chi connectivity index (χ0) is 9.10. The quantitative estimate of drug-likeness (QED) is 0.729. The number of H-pyrrole nitrogens is 1. The number of rotatable bonds is 3. The maximum absolute atomic E-state index is 5.38. The Labute approximate surface area is 76.3 Å². The van der Waals surface area contributed by atoms with Crippen LogP contribution in [0, 0.1) is 0 Å². The molecule has 0 amide bonds. The van der Waals surface area contributed by atoms with Crippen LogP contribution in [0.25, 0.3) is 10.9 Å². The second-order valence-corrected chi connectivity index (χ2v) is 2.75. The molecule has 1 heterocycles. The van der Waals surface area contributed by atoms with E-state index in [0.29, 0.717) is 0 Å². The van der Waals surface area contributed by atoms with Crippen LogP contribution in [0.2, 0.25) is 0 Å². The summed E-state index contributed by atoms with van der Waals surface area (Å²) >= 11 is 0. The molecule has 3 nitrogen and oxygen atoms in total. The number of benzene rings is 1. The van der Waals surface area contributed by atoms with Gasteiger partial charge in [0, 0.05) is 24.2 Å². The summed E-state index contributed by atoms with van der Waals surface area (Å²) in [6.45, 7) is 0.282. The lowest BCUT2D eigenvalue weighted by atomic mass is 10.2. The van der Waals surface area contributed by atoms with Crippen LogP contribution in [0.15, 0.2) is 30.5 Å². The van der Waals surface area contributed by atoms with E-state index in [9.17, 15) is 0 Å². The third-order valence-corrected chi connectivity index (χ3v) is 1.89. The minimum atomic E-state index is 0.282. The summed E-state index contributed by atoms with van der Waals surface area (Å²) in [4.78, 5) is 3.12. The number of hydrogen-bond donors (Lipinski definition) is 1. The molecule has 0 aliphatic rings. The van der Waals surface area contributed by atoms with Crippen molar-refractivity contribution in [2.45, 2.75) is 0 Å². The van der Waals surface area contributed by atoms with Crippen molar-refractivity contribution in [3.05, 3.63) is 30.5 Å². The predicted octanol–water partition coefficient (Wildman–Crippen LogP) is 2.15. The van der Waals surface area contributed by atoms with Gasteiger partial charge in [0.15, 0.2) is 6.79 Å². The van der Waals surface area contributed by atoms with E-state index in [1.54, 1.807) is 7.11 Å². The topological polar surface area (TPSA) is 34.2 Å². The summed E-state index contributed by atoms with van der Waals surface area (Å²) in [7, 11) is 1.61. The molecule has 0 saturated heterocycles. The van der Waals surface area contributed by atoms with Gasteiger partial charge in [-0.05, 0) is 18.2 Å². The SMILES string of the molecule is COCOc1cccc2[nH]ccc12. The van der Waals surface area contributed by atoms with Crippen LogP contribution in [-0.2, 0) is 4.74 Å². The molecule has 1 aromatic carbocycles. The summed E-state index contributed by atoms with van der Waals surface area (Å²) in [5.74, 6) is 0.848. The first kappa shape index (κ1) is 8.13. The number of aromatic nitrogens is 1. The number of ether oxygens (including phenoxy) is 2. The van der Waals surface area contributed by atoms with Gasteiger partial charge in [-0.25, -0.2) is 0 Å². The molecule has 1 N–H and O–H groups in total. The number of methoxy groups -OCH3 is 1. The fraction of sp³-hybridized carbons (Fsp3) is 0.200. The molecule has 0 aliphatic carbocycles. The fourth-order valence-electron chi connectivity index (χ4n) is 1.30. The van der Waals surface area contributed by atoms with Crippen molar-refractivity contribution < 1.29 is 9.47 Å². The maximum Gasteiger partial charge on any atom is 0.188 e. The highest BCUT2D eigenvalue weighted by Gasteiger charge is 2.00. The standard InChI is InChI=1S/C10H11NO2/c1-12-7-13-10-4-2-3-9-8(10)5-6-11-9/h2-6,11H,7H2,1H3. The van der Waals surface area contributed by atoms with Gasteiger partial charge in [0.1, 0.15) is 5.75 Å². The Morgan fingerprint density at radius 3 is 3.08 bits per heavy atom. The minimum Gasteiger partial charge on any atom is -0.467 e. The lowest BCUT2D eigenvalue weighted by molar-refractivity contribution is 0.0522. The zero-order valence-electron chi connectivity index (χ0n) is 7.41. The molecule has 0 spiro atoms. The van der Waals surface area contributed by atoms with Crippen LogP contribution < -0.4 is 4.74 Å². The molecular weight excluding hydrogens is 166 g/mol. The highest BCUT2D eigenvalue weighted by atomic mass is 16.7. The van der Waals surface area contributed by atoms with E-state index < -0.39 is 0 Å². The third-order valence-electron chi connectivity index (χ3n) is 1.89. The van der Waals surface area contributed by atoms with Crippen LogP contribution in [0.4, 0.5) is 0 Å². The average Bonchev–Trinajstić information content (AvgIpc) is 2.62. The van der Waals surface area contributed by atoms with Gasteiger partial charge in [-0.2, -0.15) is 0 Å². The van der Waals surface area contributed by atoms with Gasteiger partial charge in [-0.1, -0.05) is 6.07 Å². The largest absolute Gasteiger partial charge is 0.467 e. The number of aromatic amines is 1. The Bertz CT molecular complexity index is 394. The van der Waals surface area contributed by atoms with Crippen molar-refractivity contribution >= 4 is 10.9 Å². The molecule has 0 radical (unpaired) electrons. The van der Waals surface area contributed by atoms with E-state index in [-0.39, 0.29) is 6.79 Å². The first-order valence-corrected chi connectivity index (χ1v) is 4.09. The van der Waals surface area contributed by atoms with Crippen molar-refractivity contribution in [1.82, 2.24) is 4.98 Å². The first-order chi connectivity index (χ1) is 6.42. The van der Waals surface area contributed by atoms with Crippen LogP contribution in [0.1, 0.15) is 0 Å². The van der Waals surface area contributed by atoms with Crippen molar-refractivity contribution in [1.29, 1.82) is 0 Å². The van der Waals surface area contributed by atoms with Crippen LogP contribution in [0.3, 0.4) is 0 Å². The van der Waals surface area contributed by atoms with E-state index in [0.717, 1.165) is 16.7 Å². The molecule has 68 valence electrons. The second-order valence-electron chi connectivity index (χ2n) is 2.75. The molecule has 0 unspecified atom stereocenters. The predicted molar refractivity (Wildman–Crippen MR) is 50.8 cm³/mol. The van der Waals surface area contributed by atoms with Gasteiger partial charge >= 0.3 is 0 Å². The Morgan fingerprint density at radius 1 is 1.31 bits per heavy atom.